The average Bonchev–Trinajstić information content (AvgIpc) is 2.50. The first kappa shape index (κ1) is 16.0. The van der Waals surface area contributed by atoms with Crippen molar-refractivity contribution in [3.63, 3.8) is 0 Å². The lowest BCUT2D eigenvalue weighted by molar-refractivity contribution is 0.246. The van der Waals surface area contributed by atoms with Crippen LogP contribution < -0.4 is 14.2 Å². The summed E-state index contributed by atoms with van der Waals surface area (Å²) in [6.45, 7) is 1.17. The van der Waals surface area contributed by atoms with Crippen molar-refractivity contribution >= 4 is 27.5 Å². The van der Waals surface area contributed by atoms with E-state index in [2.05, 4.69) is 15.9 Å². The molecule has 0 heterocycles. The van der Waals surface area contributed by atoms with Gasteiger partial charge in [0.25, 0.3) is 0 Å². The van der Waals surface area contributed by atoms with Crippen molar-refractivity contribution in [2.45, 2.75) is 6.42 Å². The van der Waals surface area contributed by atoms with Crippen molar-refractivity contribution in [3.8, 4) is 17.2 Å². The van der Waals surface area contributed by atoms with Gasteiger partial charge in [0.1, 0.15) is 17.2 Å². The molecule has 0 N–H and O–H groups in total. The van der Waals surface area contributed by atoms with Crippen molar-refractivity contribution in [2.75, 3.05) is 20.3 Å². The van der Waals surface area contributed by atoms with Crippen LogP contribution in [0.5, 0.6) is 17.2 Å². The Morgan fingerprint density at radius 1 is 0.952 bits per heavy atom. The number of methoxy groups -OCH3 is 1. The molecule has 0 saturated carbocycles. The highest BCUT2D eigenvalue weighted by Gasteiger charge is 2.03. The van der Waals surface area contributed by atoms with E-state index >= 15 is 0 Å². The molecule has 0 bridgehead atoms. The zero-order valence-corrected chi connectivity index (χ0v) is 14.0. The van der Waals surface area contributed by atoms with Crippen LogP contribution in [0.3, 0.4) is 0 Å². The maximum absolute atomic E-state index is 5.81. The summed E-state index contributed by atoms with van der Waals surface area (Å²) in [5.74, 6) is 2.40. The quantitative estimate of drug-likeness (QED) is 0.644. The van der Waals surface area contributed by atoms with Crippen molar-refractivity contribution in [3.05, 3.63) is 52.0 Å². The number of benzene rings is 2. The zero-order chi connectivity index (χ0) is 15.1. The molecule has 2 aromatic rings. The largest absolute Gasteiger partial charge is 0.497 e. The van der Waals surface area contributed by atoms with Gasteiger partial charge in [-0.2, -0.15) is 0 Å². The van der Waals surface area contributed by atoms with E-state index in [9.17, 15) is 0 Å². The molecule has 2 aromatic carbocycles. The smallest absolute Gasteiger partial charge is 0.133 e. The van der Waals surface area contributed by atoms with Gasteiger partial charge in [-0.05, 0) is 58.4 Å². The third kappa shape index (κ3) is 5.14. The van der Waals surface area contributed by atoms with Crippen LogP contribution in [0.25, 0.3) is 0 Å². The highest BCUT2D eigenvalue weighted by atomic mass is 79.9. The van der Waals surface area contributed by atoms with E-state index in [4.69, 9.17) is 25.8 Å². The molecule has 112 valence electrons. The second-order valence-electron chi connectivity index (χ2n) is 4.30. The molecule has 21 heavy (non-hydrogen) atoms. The van der Waals surface area contributed by atoms with E-state index in [-0.39, 0.29) is 0 Å². The first-order valence-electron chi connectivity index (χ1n) is 6.54. The van der Waals surface area contributed by atoms with E-state index in [1.165, 1.54) is 0 Å². The molecule has 0 radical (unpaired) electrons. The third-order valence-corrected chi connectivity index (χ3v) is 3.64. The van der Waals surface area contributed by atoms with Crippen molar-refractivity contribution < 1.29 is 14.2 Å². The minimum atomic E-state index is 0.582. The third-order valence-electron chi connectivity index (χ3n) is 2.77. The van der Waals surface area contributed by atoms with Crippen LogP contribution in [0, 0.1) is 0 Å². The van der Waals surface area contributed by atoms with Crippen LogP contribution in [-0.4, -0.2) is 20.3 Å². The summed E-state index contributed by atoms with van der Waals surface area (Å²) in [6, 6.07) is 12.9. The molecule has 0 atom stereocenters. The standard InChI is InChI=1S/C16H16BrClO3/c1-19-14-7-8-16(15(17)11-14)21-10-2-9-20-13-5-3-12(18)4-6-13/h3-8,11H,2,9-10H2,1H3. The van der Waals surface area contributed by atoms with Crippen LogP contribution in [-0.2, 0) is 0 Å². The summed E-state index contributed by atoms with van der Waals surface area (Å²) in [5.41, 5.74) is 0. The first-order chi connectivity index (χ1) is 10.2. The van der Waals surface area contributed by atoms with E-state index in [1.807, 2.05) is 42.5 Å². The Kier molecular flexibility index (Phi) is 6.21. The molecule has 0 aliphatic rings. The predicted octanol–water partition coefficient (Wildman–Crippen LogP) is 4.96. The fraction of sp³-hybridized carbons (Fsp3) is 0.250. The maximum Gasteiger partial charge on any atom is 0.133 e. The van der Waals surface area contributed by atoms with Gasteiger partial charge in [-0.15, -0.1) is 0 Å². The van der Waals surface area contributed by atoms with Crippen molar-refractivity contribution in [1.29, 1.82) is 0 Å². The lowest BCUT2D eigenvalue weighted by Crippen LogP contribution is -2.05. The Labute approximate surface area is 137 Å². The zero-order valence-electron chi connectivity index (χ0n) is 11.6. The van der Waals surface area contributed by atoms with Gasteiger partial charge in [-0.3, -0.25) is 0 Å². The minimum absolute atomic E-state index is 0.582. The molecule has 0 aliphatic carbocycles. The van der Waals surface area contributed by atoms with Gasteiger partial charge in [0, 0.05) is 11.4 Å². The molecular formula is C16H16BrClO3. The number of hydrogen-bond donors (Lipinski definition) is 0. The van der Waals surface area contributed by atoms with Crippen molar-refractivity contribution in [1.82, 2.24) is 0 Å². The van der Waals surface area contributed by atoms with E-state index in [0.29, 0.717) is 18.2 Å². The SMILES string of the molecule is COc1ccc(OCCCOc2ccc(Cl)cc2)c(Br)c1. The number of halogens is 2. The van der Waals surface area contributed by atoms with E-state index in [0.717, 1.165) is 28.1 Å². The topological polar surface area (TPSA) is 27.7 Å². The predicted molar refractivity (Wildman–Crippen MR) is 87.8 cm³/mol. The van der Waals surface area contributed by atoms with Crippen LogP contribution >= 0.6 is 27.5 Å². The summed E-state index contributed by atoms with van der Waals surface area (Å²) in [4.78, 5) is 0. The lowest BCUT2D eigenvalue weighted by atomic mass is 10.3. The molecule has 5 heteroatoms. The highest BCUT2D eigenvalue weighted by Crippen LogP contribution is 2.29. The van der Waals surface area contributed by atoms with Gasteiger partial charge in [0.2, 0.25) is 0 Å². The normalized spacial score (nSPS) is 10.2. The molecule has 0 unspecified atom stereocenters. The Hall–Kier alpha value is -1.39. The molecule has 0 aromatic heterocycles. The number of hydrogen-bond acceptors (Lipinski definition) is 3. The second kappa shape index (κ2) is 8.15. The summed E-state index contributed by atoms with van der Waals surface area (Å²) >= 11 is 9.26. The maximum atomic E-state index is 5.81. The van der Waals surface area contributed by atoms with Crippen LogP contribution in [0.1, 0.15) is 6.42 Å². The van der Waals surface area contributed by atoms with E-state index in [1.54, 1.807) is 7.11 Å². The number of rotatable bonds is 7. The van der Waals surface area contributed by atoms with Crippen LogP contribution in [0.2, 0.25) is 5.02 Å². The Bertz CT molecular complexity index is 572. The fourth-order valence-corrected chi connectivity index (χ4v) is 2.29. The van der Waals surface area contributed by atoms with Crippen LogP contribution in [0.15, 0.2) is 46.9 Å². The molecule has 0 aliphatic heterocycles. The van der Waals surface area contributed by atoms with Crippen LogP contribution in [0.4, 0.5) is 0 Å². The van der Waals surface area contributed by atoms with Gasteiger partial charge >= 0.3 is 0 Å². The summed E-state index contributed by atoms with van der Waals surface area (Å²) in [5, 5.41) is 0.704. The van der Waals surface area contributed by atoms with Crippen molar-refractivity contribution in [2.24, 2.45) is 0 Å². The number of ether oxygens (including phenoxy) is 3. The second-order valence-corrected chi connectivity index (χ2v) is 5.59. The van der Waals surface area contributed by atoms with Gasteiger partial charge in [-0.1, -0.05) is 11.6 Å². The van der Waals surface area contributed by atoms with E-state index < -0.39 is 0 Å². The average molecular weight is 372 g/mol. The summed E-state index contributed by atoms with van der Waals surface area (Å²) in [6.07, 6.45) is 0.793. The lowest BCUT2D eigenvalue weighted by Gasteiger charge is -2.10. The summed E-state index contributed by atoms with van der Waals surface area (Å²) < 4.78 is 17.3. The molecule has 0 fully saturated rings. The molecule has 0 spiro atoms. The minimum Gasteiger partial charge on any atom is -0.497 e. The van der Waals surface area contributed by atoms with Gasteiger partial charge in [-0.25, -0.2) is 0 Å². The molecule has 0 amide bonds. The van der Waals surface area contributed by atoms with Gasteiger partial charge in [0.05, 0.1) is 24.8 Å². The first-order valence-corrected chi connectivity index (χ1v) is 7.71. The Morgan fingerprint density at radius 2 is 1.62 bits per heavy atom. The Morgan fingerprint density at radius 3 is 2.29 bits per heavy atom. The monoisotopic (exact) mass is 370 g/mol. The molecule has 2 rings (SSSR count). The summed E-state index contributed by atoms with van der Waals surface area (Å²) in [7, 11) is 1.64. The molecule has 3 nitrogen and oxygen atoms in total. The van der Waals surface area contributed by atoms with Gasteiger partial charge in [0.15, 0.2) is 0 Å². The van der Waals surface area contributed by atoms with Gasteiger partial charge < -0.3 is 14.2 Å². The fourth-order valence-electron chi connectivity index (χ4n) is 1.69. The molecular weight excluding hydrogens is 356 g/mol. The molecule has 0 saturated heterocycles. The Balaban J connectivity index is 1.71. The highest BCUT2D eigenvalue weighted by molar-refractivity contribution is 9.10.